The van der Waals surface area contributed by atoms with E-state index in [9.17, 15) is 5.26 Å². The lowest BCUT2D eigenvalue weighted by Crippen LogP contribution is -2.37. The van der Waals surface area contributed by atoms with Gasteiger partial charge in [0.05, 0.1) is 49.9 Å². The number of aromatic nitrogens is 3. The van der Waals surface area contributed by atoms with Crippen molar-refractivity contribution in [1.82, 2.24) is 20.1 Å². The monoisotopic (exact) mass is 458 g/mol. The van der Waals surface area contributed by atoms with Gasteiger partial charge in [-0.25, -0.2) is 0 Å². The van der Waals surface area contributed by atoms with Crippen LogP contribution in [0, 0.1) is 11.3 Å². The third-order valence-electron chi connectivity index (χ3n) is 5.97. The van der Waals surface area contributed by atoms with Gasteiger partial charge in [0.2, 0.25) is 0 Å². The van der Waals surface area contributed by atoms with Gasteiger partial charge in [0.25, 0.3) is 0 Å². The van der Waals surface area contributed by atoms with Crippen molar-refractivity contribution < 1.29 is 14.2 Å². The second-order valence-corrected chi connectivity index (χ2v) is 8.10. The van der Waals surface area contributed by atoms with Crippen LogP contribution in [-0.4, -0.2) is 66.6 Å². The molecule has 0 atom stereocenters. The number of benzene rings is 2. The number of morpholine rings is 1. The maximum absolute atomic E-state index is 9.71. The molecule has 0 radical (unpaired) electrons. The maximum Gasteiger partial charge on any atom is 0.187 e. The van der Waals surface area contributed by atoms with Crippen molar-refractivity contribution in [2.75, 3.05) is 51.9 Å². The Kier molecular flexibility index (Phi) is 6.42. The summed E-state index contributed by atoms with van der Waals surface area (Å²) >= 11 is 0. The van der Waals surface area contributed by atoms with E-state index in [-0.39, 0.29) is 0 Å². The Balaban J connectivity index is 1.39. The second kappa shape index (κ2) is 9.95. The van der Waals surface area contributed by atoms with Crippen molar-refractivity contribution in [1.29, 1.82) is 5.26 Å². The summed E-state index contributed by atoms with van der Waals surface area (Å²) in [7, 11) is 1.61. The zero-order chi connectivity index (χ0) is 23.3. The van der Waals surface area contributed by atoms with E-state index in [2.05, 4.69) is 31.5 Å². The molecule has 9 nitrogen and oxygen atoms in total. The summed E-state index contributed by atoms with van der Waals surface area (Å²) < 4.78 is 17.2. The van der Waals surface area contributed by atoms with Gasteiger partial charge in [0.15, 0.2) is 11.5 Å². The van der Waals surface area contributed by atoms with Gasteiger partial charge in [0.1, 0.15) is 11.6 Å². The van der Waals surface area contributed by atoms with Crippen molar-refractivity contribution >= 4 is 33.2 Å². The lowest BCUT2D eigenvalue weighted by atomic mass is 10.1. The van der Waals surface area contributed by atoms with E-state index in [1.165, 1.54) is 0 Å². The lowest BCUT2D eigenvalue weighted by Gasteiger charge is -2.26. The maximum atomic E-state index is 9.71. The number of pyridine rings is 1. The van der Waals surface area contributed by atoms with Gasteiger partial charge < -0.3 is 19.5 Å². The van der Waals surface area contributed by atoms with Crippen LogP contribution in [0.15, 0.2) is 42.7 Å². The molecule has 0 unspecified atom stereocenters. The number of hydrogen-bond donors (Lipinski definition) is 2. The van der Waals surface area contributed by atoms with Gasteiger partial charge in [-0.3, -0.25) is 15.0 Å². The molecule has 1 fully saturated rings. The Morgan fingerprint density at radius 1 is 1.21 bits per heavy atom. The minimum absolute atomic E-state index is 0.443. The number of nitriles is 1. The predicted molar refractivity (Wildman–Crippen MR) is 130 cm³/mol. The van der Waals surface area contributed by atoms with E-state index in [1.807, 2.05) is 30.3 Å². The fourth-order valence-corrected chi connectivity index (χ4v) is 4.21. The van der Waals surface area contributed by atoms with E-state index >= 15 is 0 Å². The average Bonchev–Trinajstić information content (AvgIpc) is 3.35. The molecule has 34 heavy (non-hydrogen) atoms. The van der Waals surface area contributed by atoms with Crippen LogP contribution in [0.3, 0.4) is 0 Å². The molecule has 2 N–H and O–H groups in total. The smallest absolute Gasteiger partial charge is 0.187 e. The average molecular weight is 459 g/mol. The summed E-state index contributed by atoms with van der Waals surface area (Å²) in [6.45, 7) is 5.06. The number of aromatic amines is 1. The number of methoxy groups -OCH3 is 1. The second-order valence-electron chi connectivity index (χ2n) is 8.10. The molecule has 0 amide bonds. The van der Waals surface area contributed by atoms with Crippen molar-refractivity contribution in [3.63, 3.8) is 0 Å². The first kappa shape index (κ1) is 21.9. The number of ether oxygens (including phenoxy) is 3. The zero-order valence-corrected chi connectivity index (χ0v) is 19.0. The van der Waals surface area contributed by atoms with Crippen LogP contribution in [0.2, 0.25) is 0 Å². The number of anilines is 2. The Morgan fingerprint density at radius 3 is 2.91 bits per heavy atom. The summed E-state index contributed by atoms with van der Waals surface area (Å²) in [5, 5.41) is 21.9. The van der Waals surface area contributed by atoms with Crippen LogP contribution in [0.25, 0.3) is 21.8 Å². The number of nitrogens with one attached hydrogen (secondary N) is 2. The standard InChI is InChI=1S/C25H26N6O3/c1-32-25-22(34-10-2-7-31-8-11-33-12-9-31)6-5-20-23(18(14-26)15-27-24(20)25)29-19-4-3-17-16-28-30-21(17)13-19/h3-6,13,15-16H,2,7-12H2,1H3,(H,27,29)(H,28,30). The van der Waals surface area contributed by atoms with Crippen LogP contribution in [0.4, 0.5) is 11.4 Å². The van der Waals surface area contributed by atoms with Crippen molar-refractivity contribution in [2.24, 2.45) is 0 Å². The quantitative estimate of drug-likeness (QED) is 0.384. The SMILES string of the molecule is COc1c(OCCCN2CCOCC2)ccc2c(Nc3ccc4cn[nH]c4c3)c(C#N)cnc12. The molecule has 1 aliphatic rings. The van der Waals surface area contributed by atoms with Crippen LogP contribution in [0.1, 0.15) is 12.0 Å². The van der Waals surface area contributed by atoms with Crippen LogP contribution >= 0.6 is 0 Å². The highest BCUT2D eigenvalue weighted by atomic mass is 16.5. The molecule has 2 aromatic carbocycles. The van der Waals surface area contributed by atoms with Crippen LogP contribution < -0.4 is 14.8 Å². The van der Waals surface area contributed by atoms with Gasteiger partial charge in [0, 0.05) is 42.3 Å². The van der Waals surface area contributed by atoms with E-state index in [4.69, 9.17) is 14.2 Å². The minimum atomic E-state index is 0.443. The highest BCUT2D eigenvalue weighted by molar-refractivity contribution is 6.00. The molecule has 0 spiro atoms. The fraction of sp³-hybridized carbons (Fsp3) is 0.320. The van der Waals surface area contributed by atoms with Crippen molar-refractivity contribution in [2.45, 2.75) is 6.42 Å². The molecular weight excluding hydrogens is 432 g/mol. The number of fused-ring (bicyclic) bond motifs is 2. The van der Waals surface area contributed by atoms with Gasteiger partial charge in [-0.1, -0.05) is 0 Å². The van der Waals surface area contributed by atoms with E-state index in [1.54, 1.807) is 19.5 Å². The van der Waals surface area contributed by atoms with Crippen molar-refractivity contribution in [3.05, 3.63) is 48.3 Å². The van der Waals surface area contributed by atoms with Gasteiger partial charge in [-0.05, 0) is 36.8 Å². The van der Waals surface area contributed by atoms with Crippen LogP contribution in [0.5, 0.6) is 11.5 Å². The number of nitrogens with zero attached hydrogens (tertiary/aromatic N) is 4. The number of rotatable bonds is 8. The molecule has 5 rings (SSSR count). The Bertz CT molecular complexity index is 1340. The topological polar surface area (TPSA) is 108 Å². The third-order valence-corrected chi connectivity index (χ3v) is 5.97. The molecular formula is C25H26N6O3. The molecule has 9 heteroatoms. The summed E-state index contributed by atoms with van der Waals surface area (Å²) in [6.07, 6.45) is 4.24. The number of H-pyrrole nitrogens is 1. The third kappa shape index (κ3) is 4.46. The normalized spacial score (nSPS) is 14.2. The highest BCUT2D eigenvalue weighted by Crippen LogP contribution is 2.39. The Hall–Kier alpha value is -3.87. The molecule has 0 saturated carbocycles. The fourth-order valence-electron chi connectivity index (χ4n) is 4.21. The van der Waals surface area contributed by atoms with Crippen molar-refractivity contribution in [3.8, 4) is 17.6 Å². The summed E-state index contributed by atoms with van der Waals surface area (Å²) in [6, 6.07) is 11.9. The van der Waals surface area contributed by atoms with Gasteiger partial charge in [-0.2, -0.15) is 10.4 Å². The van der Waals surface area contributed by atoms with Gasteiger partial charge >= 0.3 is 0 Å². The molecule has 1 aliphatic heterocycles. The van der Waals surface area contributed by atoms with E-state index < -0.39 is 0 Å². The Morgan fingerprint density at radius 2 is 2.09 bits per heavy atom. The number of hydrogen-bond acceptors (Lipinski definition) is 8. The largest absolute Gasteiger partial charge is 0.491 e. The minimum Gasteiger partial charge on any atom is -0.491 e. The highest BCUT2D eigenvalue weighted by Gasteiger charge is 2.17. The first-order valence-corrected chi connectivity index (χ1v) is 11.3. The summed E-state index contributed by atoms with van der Waals surface area (Å²) in [5.74, 6) is 1.19. The molecule has 3 heterocycles. The summed E-state index contributed by atoms with van der Waals surface area (Å²) in [5.41, 5.74) is 3.50. The predicted octanol–water partition coefficient (Wildman–Crippen LogP) is 3.84. The zero-order valence-electron chi connectivity index (χ0n) is 19.0. The van der Waals surface area contributed by atoms with E-state index in [0.29, 0.717) is 34.9 Å². The summed E-state index contributed by atoms with van der Waals surface area (Å²) in [4.78, 5) is 6.91. The molecule has 1 saturated heterocycles. The Labute approximate surface area is 197 Å². The molecule has 0 aliphatic carbocycles. The molecule has 4 aromatic rings. The van der Waals surface area contributed by atoms with Gasteiger partial charge in [-0.15, -0.1) is 0 Å². The molecule has 0 bridgehead atoms. The lowest BCUT2D eigenvalue weighted by molar-refractivity contribution is 0.0357. The van der Waals surface area contributed by atoms with Crippen LogP contribution in [-0.2, 0) is 4.74 Å². The first-order chi connectivity index (χ1) is 16.8. The first-order valence-electron chi connectivity index (χ1n) is 11.3. The molecule has 174 valence electrons. The molecule has 2 aromatic heterocycles. The van der Waals surface area contributed by atoms with E-state index in [0.717, 1.165) is 61.2 Å².